The van der Waals surface area contributed by atoms with E-state index >= 15 is 0 Å². The molecule has 13 heteroatoms. The molecule has 1 aliphatic heterocycles. The van der Waals surface area contributed by atoms with Gasteiger partial charge in [0.1, 0.15) is 11.4 Å². The van der Waals surface area contributed by atoms with Crippen molar-refractivity contribution in [1.29, 1.82) is 0 Å². The van der Waals surface area contributed by atoms with E-state index in [1.807, 2.05) is 6.07 Å². The van der Waals surface area contributed by atoms with Crippen LogP contribution in [0.5, 0.6) is 5.75 Å². The molecular formula is C22H23ClN6O4S2. The molecule has 0 unspecified atom stereocenters. The Kier molecular flexibility index (Phi) is 7.63. The topological polar surface area (TPSA) is 126 Å². The number of piperidine rings is 1. The molecule has 0 saturated carbocycles. The van der Waals surface area contributed by atoms with Gasteiger partial charge in [-0.1, -0.05) is 28.2 Å². The zero-order valence-electron chi connectivity index (χ0n) is 19.0. The van der Waals surface area contributed by atoms with Crippen LogP contribution in [-0.2, 0) is 4.79 Å². The third kappa shape index (κ3) is 5.95. The summed E-state index contributed by atoms with van der Waals surface area (Å²) < 4.78 is 9.54. The molecule has 4 rings (SSSR count). The quantitative estimate of drug-likeness (QED) is 0.465. The number of nitrogens with one attached hydrogen (secondary N) is 2. The second kappa shape index (κ2) is 10.7. The Morgan fingerprint density at radius 3 is 2.43 bits per heavy atom. The minimum Gasteiger partial charge on any atom is -0.476 e. The largest absolute Gasteiger partial charge is 0.476 e. The van der Waals surface area contributed by atoms with Crippen LogP contribution < -0.4 is 15.6 Å². The second-order valence-corrected chi connectivity index (χ2v) is 10.3. The van der Waals surface area contributed by atoms with Gasteiger partial charge >= 0.3 is 0 Å². The van der Waals surface area contributed by atoms with Gasteiger partial charge in [0, 0.05) is 29.8 Å². The molecule has 3 aromatic rings. The molecule has 0 aliphatic carbocycles. The molecule has 0 radical (unpaired) electrons. The lowest BCUT2D eigenvalue weighted by atomic mass is 9.96. The fourth-order valence-corrected chi connectivity index (χ4v) is 5.22. The van der Waals surface area contributed by atoms with Crippen LogP contribution in [-0.4, -0.2) is 55.9 Å². The van der Waals surface area contributed by atoms with E-state index < -0.39 is 17.4 Å². The molecule has 0 spiro atoms. The van der Waals surface area contributed by atoms with Gasteiger partial charge in [-0.15, -0.1) is 16.4 Å². The highest BCUT2D eigenvalue weighted by molar-refractivity contribution is 7.10. The summed E-state index contributed by atoms with van der Waals surface area (Å²) in [6.45, 7) is 4.58. The maximum atomic E-state index is 13.1. The number of amides is 3. The van der Waals surface area contributed by atoms with E-state index in [4.69, 9.17) is 16.3 Å². The lowest BCUT2D eigenvalue weighted by Gasteiger charge is -2.36. The van der Waals surface area contributed by atoms with Gasteiger partial charge in [0.05, 0.1) is 10.0 Å². The van der Waals surface area contributed by atoms with Crippen LogP contribution in [0.1, 0.15) is 58.6 Å². The van der Waals surface area contributed by atoms with Gasteiger partial charge in [0.2, 0.25) is 0 Å². The van der Waals surface area contributed by atoms with Crippen molar-refractivity contribution >= 4 is 52.2 Å². The number of halogens is 1. The SMILES string of the molecule is CC(C)(Oc1ccccc1Cl)C(=O)N1CCC(c2nc(C(=O)NNC(=O)c3csnn3)cs2)CC1. The zero-order valence-corrected chi connectivity index (χ0v) is 21.4. The molecule has 1 aromatic carbocycles. The summed E-state index contributed by atoms with van der Waals surface area (Å²) in [5, 5.41) is 8.05. The van der Waals surface area contributed by atoms with Crippen molar-refractivity contribution in [3.05, 3.63) is 56.4 Å². The molecule has 1 fully saturated rings. The first kappa shape index (κ1) is 25.0. The molecular weight excluding hydrogens is 512 g/mol. The fourth-order valence-electron chi connectivity index (χ4n) is 3.64. The molecule has 1 aliphatic rings. The number of hydrogen-bond acceptors (Lipinski definition) is 9. The van der Waals surface area contributed by atoms with Gasteiger partial charge in [-0.05, 0) is 50.4 Å². The Labute approximate surface area is 214 Å². The molecule has 2 N–H and O–H groups in total. The van der Waals surface area contributed by atoms with Gasteiger partial charge < -0.3 is 9.64 Å². The third-order valence-corrected chi connectivity index (χ3v) is 7.31. The molecule has 0 bridgehead atoms. The molecule has 2 aromatic heterocycles. The molecule has 184 valence electrons. The number of para-hydroxylation sites is 1. The molecule has 10 nitrogen and oxygen atoms in total. The number of hydrazine groups is 1. The van der Waals surface area contributed by atoms with Gasteiger partial charge in [-0.25, -0.2) is 4.98 Å². The summed E-state index contributed by atoms with van der Waals surface area (Å²) >= 11 is 8.61. The van der Waals surface area contributed by atoms with Crippen molar-refractivity contribution in [2.24, 2.45) is 0 Å². The van der Waals surface area contributed by atoms with Crippen LogP contribution in [0.4, 0.5) is 0 Å². The minimum atomic E-state index is -1.07. The number of likely N-dealkylation sites (tertiary alicyclic amines) is 1. The average molecular weight is 535 g/mol. The third-order valence-electron chi connectivity index (χ3n) is 5.49. The van der Waals surface area contributed by atoms with E-state index in [2.05, 4.69) is 25.4 Å². The maximum absolute atomic E-state index is 13.1. The summed E-state index contributed by atoms with van der Waals surface area (Å²) in [4.78, 5) is 43.6. The van der Waals surface area contributed by atoms with E-state index in [9.17, 15) is 14.4 Å². The van der Waals surface area contributed by atoms with Crippen molar-refractivity contribution in [2.75, 3.05) is 13.1 Å². The van der Waals surface area contributed by atoms with Crippen molar-refractivity contribution < 1.29 is 19.1 Å². The predicted octanol–water partition coefficient (Wildman–Crippen LogP) is 3.29. The van der Waals surface area contributed by atoms with Crippen LogP contribution >= 0.6 is 34.5 Å². The van der Waals surface area contributed by atoms with Gasteiger partial charge in [-0.3, -0.25) is 25.2 Å². The van der Waals surface area contributed by atoms with Crippen molar-refractivity contribution in [2.45, 2.75) is 38.2 Å². The van der Waals surface area contributed by atoms with Crippen molar-refractivity contribution in [1.82, 2.24) is 30.3 Å². The summed E-state index contributed by atoms with van der Waals surface area (Å²) in [7, 11) is 0. The fraction of sp³-hybridized carbons (Fsp3) is 0.364. The van der Waals surface area contributed by atoms with Crippen LogP contribution in [0.3, 0.4) is 0 Å². The number of rotatable bonds is 6. The number of carbonyl (C=O) groups is 3. The Bertz CT molecular complexity index is 1210. The number of thiazole rings is 1. The number of hydrogen-bond donors (Lipinski definition) is 2. The van der Waals surface area contributed by atoms with Crippen LogP contribution in [0.15, 0.2) is 35.0 Å². The highest BCUT2D eigenvalue weighted by Crippen LogP contribution is 2.33. The number of aromatic nitrogens is 3. The van der Waals surface area contributed by atoms with E-state index in [1.54, 1.807) is 42.3 Å². The number of carbonyl (C=O) groups excluding carboxylic acids is 3. The molecule has 3 heterocycles. The number of benzene rings is 1. The normalized spacial score (nSPS) is 14.4. The van der Waals surface area contributed by atoms with Crippen LogP contribution in [0, 0.1) is 0 Å². The standard InChI is InChI=1S/C22H23ClN6O4S2/c1-22(2,33-17-6-4-3-5-14(17)23)21(32)29-9-7-13(8-10-29)20-24-15(11-34-20)18(30)26-27-19(31)16-12-35-28-25-16/h3-6,11-13H,7-10H2,1-2H3,(H,26,30)(H,27,31). The summed E-state index contributed by atoms with van der Waals surface area (Å²) in [5.74, 6) is -0.582. The lowest BCUT2D eigenvalue weighted by Crippen LogP contribution is -2.51. The van der Waals surface area contributed by atoms with E-state index in [-0.39, 0.29) is 23.2 Å². The van der Waals surface area contributed by atoms with Gasteiger partial charge in [0.15, 0.2) is 11.3 Å². The zero-order chi connectivity index (χ0) is 25.0. The van der Waals surface area contributed by atoms with Crippen molar-refractivity contribution in [3.8, 4) is 5.75 Å². The summed E-state index contributed by atoms with van der Waals surface area (Å²) in [5.41, 5.74) is 3.90. The van der Waals surface area contributed by atoms with Gasteiger partial charge in [0.25, 0.3) is 17.7 Å². The van der Waals surface area contributed by atoms with E-state index in [0.29, 0.717) is 23.9 Å². The smallest absolute Gasteiger partial charge is 0.291 e. The number of ether oxygens (including phenoxy) is 1. The predicted molar refractivity (Wildman–Crippen MR) is 132 cm³/mol. The first-order valence-electron chi connectivity index (χ1n) is 10.8. The molecule has 1 saturated heterocycles. The van der Waals surface area contributed by atoms with Crippen molar-refractivity contribution in [3.63, 3.8) is 0 Å². The van der Waals surface area contributed by atoms with E-state index in [1.165, 1.54) is 16.7 Å². The highest BCUT2D eigenvalue weighted by atomic mass is 35.5. The average Bonchev–Trinajstić information content (AvgIpc) is 3.56. The van der Waals surface area contributed by atoms with E-state index in [0.717, 1.165) is 29.4 Å². The first-order valence-corrected chi connectivity index (χ1v) is 12.9. The first-order chi connectivity index (χ1) is 16.7. The Morgan fingerprint density at radius 2 is 1.77 bits per heavy atom. The Morgan fingerprint density at radius 1 is 1.09 bits per heavy atom. The monoisotopic (exact) mass is 534 g/mol. The molecule has 0 atom stereocenters. The Hall–Kier alpha value is -3.09. The lowest BCUT2D eigenvalue weighted by molar-refractivity contribution is -0.146. The van der Waals surface area contributed by atoms with Gasteiger partial charge in [-0.2, -0.15) is 0 Å². The molecule has 3 amide bonds. The highest BCUT2D eigenvalue weighted by Gasteiger charge is 2.37. The summed E-state index contributed by atoms with van der Waals surface area (Å²) in [6, 6.07) is 7.07. The second-order valence-electron chi connectivity index (χ2n) is 8.38. The van der Waals surface area contributed by atoms with Crippen LogP contribution in [0.25, 0.3) is 0 Å². The maximum Gasteiger partial charge on any atom is 0.291 e. The Balaban J connectivity index is 1.29. The summed E-state index contributed by atoms with van der Waals surface area (Å²) in [6.07, 6.45) is 1.44. The number of nitrogens with zero attached hydrogens (tertiary/aromatic N) is 4. The molecule has 35 heavy (non-hydrogen) atoms. The van der Waals surface area contributed by atoms with Crippen LogP contribution in [0.2, 0.25) is 5.02 Å². The minimum absolute atomic E-state index is 0.110.